The molecule has 45 heavy (non-hydrogen) atoms. The van der Waals surface area contributed by atoms with E-state index >= 15 is 0 Å². The molecule has 234 valence electrons. The van der Waals surface area contributed by atoms with Crippen molar-refractivity contribution in [3.8, 4) is 0 Å². The largest absolute Gasteiger partial charge is 0.356 e. The number of nitrogens with zero attached hydrogens (tertiary/aromatic N) is 1. The molecule has 0 aromatic heterocycles. The topological polar surface area (TPSA) is 49.4 Å². The maximum atomic E-state index is 14.1. The van der Waals surface area contributed by atoms with Crippen LogP contribution in [0.1, 0.15) is 75.5 Å². The Kier molecular flexibility index (Phi) is 7.74. The van der Waals surface area contributed by atoms with Crippen LogP contribution in [0, 0.1) is 34.5 Å². The van der Waals surface area contributed by atoms with Gasteiger partial charge >= 0.3 is 0 Å². The Morgan fingerprint density at radius 1 is 0.800 bits per heavy atom. The summed E-state index contributed by atoms with van der Waals surface area (Å²) in [5.74, 6) is 2.76. The highest BCUT2D eigenvalue weighted by Crippen LogP contribution is 2.65. The molecule has 1 aliphatic heterocycles. The van der Waals surface area contributed by atoms with Crippen molar-refractivity contribution in [2.24, 2.45) is 34.5 Å². The smallest absolute Gasteiger partial charge is 0.246 e. The Hall–Kier alpha value is -3.66. The second kappa shape index (κ2) is 11.6. The normalized spacial score (nSPS) is 32.4. The monoisotopic (exact) mass is 600 g/mol. The highest BCUT2D eigenvalue weighted by atomic mass is 16.2. The van der Waals surface area contributed by atoms with Gasteiger partial charge in [0, 0.05) is 31.5 Å². The molecule has 0 spiro atoms. The third-order valence-corrected chi connectivity index (χ3v) is 13.1. The van der Waals surface area contributed by atoms with E-state index in [1.807, 2.05) is 36.2 Å². The van der Waals surface area contributed by atoms with E-state index in [0.717, 1.165) is 29.7 Å². The molecule has 4 aliphatic rings. The Balaban J connectivity index is 1.11. The molecule has 7 atom stereocenters. The molecule has 3 aliphatic carbocycles. The van der Waals surface area contributed by atoms with Crippen LogP contribution in [0.25, 0.3) is 0 Å². The predicted molar refractivity (Wildman–Crippen MR) is 180 cm³/mol. The number of likely N-dealkylation sites (N-methyl/N-ethyl adjacent to an activating group) is 1. The van der Waals surface area contributed by atoms with Crippen LogP contribution in [-0.2, 0) is 15.0 Å². The van der Waals surface area contributed by atoms with Gasteiger partial charge in [0.05, 0.1) is 5.41 Å². The minimum absolute atomic E-state index is 0.0643. The summed E-state index contributed by atoms with van der Waals surface area (Å²) < 4.78 is 0. The molecule has 0 saturated heterocycles. The summed E-state index contributed by atoms with van der Waals surface area (Å²) in [7, 11) is 2.00. The summed E-state index contributed by atoms with van der Waals surface area (Å²) >= 11 is 0. The van der Waals surface area contributed by atoms with E-state index in [9.17, 15) is 9.59 Å². The first-order valence-corrected chi connectivity index (χ1v) is 17.2. The van der Waals surface area contributed by atoms with E-state index in [-0.39, 0.29) is 22.6 Å². The van der Waals surface area contributed by atoms with Crippen LogP contribution in [0.2, 0.25) is 0 Å². The number of rotatable bonds is 7. The number of nitrogens with one attached hydrogen (secondary N) is 1. The lowest BCUT2D eigenvalue weighted by atomic mass is 9.47. The third kappa shape index (κ3) is 4.87. The second-order valence-electron chi connectivity index (χ2n) is 14.9. The van der Waals surface area contributed by atoms with Gasteiger partial charge in [-0.25, -0.2) is 0 Å². The van der Waals surface area contributed by atoms with Crippen molar-refractivity contribution in [2.45, 2.75) is 70.3 Å². The zero-order valence-corrected chi connectivity index (χ0v) is 27.1. The van der Waals surface area contributed by atoms with Crippen LogP contribution in [0.15, 0.2) is 103 Å². The Bertz CT molecular complexity index is 1460. The molecule has 0 radical (unpaired) electrons. The number of carbonyl (C=O) groups excluding carboxylic acids is 2. The number of benzene rings is 3. The van der Waals surface area contributed by atoms with E-state index in [1.165, 1.54) is 32.1 Å². The van der Waals surface area contributed by atoms with E-state index in [0.29, 0.717) is 36.1 Å². The maximum Gasteiger partial charge on any atom is 0.246 e. The van der Waals surface area contributed by atoms with E-state index in [1.54, 1.807) is 0 Å². The average Bonchev–Trinajstić information content (AvgIpc) is 3.42. The molecule has 3 saturated carbocycles. The van der Waals surface area contributed by atoms with Crippen molar-refractivity contribution >= 4 is 11.8 Å². The van der Waals surface area contributed by atoms with Crippen molar-refractivity contribution in [3.05, 3.63) is 120 Å². The Morgan fingerprint density at radius 3 is 1.96 bits per heavy atom. The first-order valence-electron chi connectivity index (χ1n) is 17.2. The number of carbonyl (C=O) groups is 2. The van der Waals surface area contributed by atoms with Gasteiger partial charge in [-0.1, -0.05) is 111 Å². The molecule has 3 fully saturated rings. The van der Waals surface area contributed by atoms with Crippen molar-refractivity contribution in [1.29, 1.82) is 0 Å². The van der Waals surface area contributed by atoms with Crippen LogP contribution >= 0.6 is 0 Å². The minimum atomic E-state index is -0.579. The number of hydrogen-bond donors (Lipinski definition) is 1. The van der Waals surface area contributed by atoms with Gasteiger partial charge in [0.1, 0.15) is 0 Å². The minimum Gasteiger partial charge on any atom is -0.356 e. The SMILES string of the molecule is CN1C(=O)C=C[C@@]2(C)C1CC[C@@H]1[C@H]2CC[C@]2(C)C(CNC(=O)CC(c3ccccc3)(c3ccccc3)c3ccccc3)CC[C@@H]12. The van der Waals surface area contributed by atoms with Gasteiger partial charge in [-0.3, -0.25) is 9.59 Å². The zero-order valence-electron chi connectivity index (χ0n) is 27.1. The Labute approximate surface area is 269 Å². The van der Waals surface area contributed by atoms with Crippen LogP contribution in [0.4, 0.5) is 0 Å². The lowest BCUT2D eigenvalue weighted by Gasteiger charge is -2.60. The quantitative estimate of drug-likeness (QED) is 0.282. The van der Waals surface area contributed by atoms with Crippen molar-refractivity contribution in [1.82, 2.24) is 10.2 Å². The van der Waals surface area contributed by atoms with Crippen LogP contribution in [-0.4, -0.2) is 36.3 Å². The van der Waals surface area contributed by atoms with Crippen LogP contribution in [0.5, 0.6) is 0 Å². The summed E-state index contributed by atoms with van der Waals surface area (Å²) in [6.45, 7) is 5.69. The first kappa shape index (κ1) is 30.0. The summed E-state index contributed by atoms with van der Waals surface area (Å²) in [5.41, 5.74) is 3.14. The lowest BCUT2D eigenvalue weighted by Crippen LogP contribution is -2.59. The van der Waals surface area contributed by atoms with E-state index in [2.05, 4.69) is 98.0 Å². The van der Waals surface area contributed by atoms with Gasteiger partial charge in [-0.05, 0) is 90.4 Å². The molecule has 0 bridgehead atoms. The van der Waals surface area contributed by atoms with Crippen molar-refractivity contribution in [3.63, 3.8) is 0 Å². The molecule has 4 nitrogen and oxygen atoms in total. The summed E-state index contributed by atoms with van der Waals surface area (Å²) in [4.78, 5) is 28.6. The molecule has 1 N–H and O–H groups in total. The Morgan fingerprint density at radius 2 is 1.38 bits per heavy atom. The zero-order chi connectivity index (χ0) is 31.2. The summed E-state index contributed by atoms with van der Waals surface area (Å²) in [6, 6.07) is 31.9. The molecular weight excluding hydrogens is 552 g/mol. The van der Waals surface area contributed by atoms with Gasteiger partial charge in [-0.2, -0.15) is 0 Å². The van der Waals surface area contributed by atoms with Gasteiger partial charge in [-0.15, -0.1) is 0 Å². The summed E-state index contributed by atoms with van der Waals surface area (Å²) in [6.07, 6.45) is 11.6. The number of fused-ring (bicyclic) bond motifs is 5. The highest BCUT2D eigenvalue weighted by molar-refractivity contribution is 5.89. The summed E-state index contributed by atoms with van der Waals surface area (Å²) in [5, 5.41) is 3.49. The predicted octanol–water partition coefficient (Wildman–Crippen LogP) is 7.78. The first-order chi connectivity index (χ1) is 21.8. The number of hydrogen-bond acceptors (Lipinski definition) is 2. The third-order valence-electron chi connectivity index (χ3n) is 13.1. The van der Waals surface area contributed by atoms with Crippen molar-refractivity contribution < 1.29 is 9.59 Å². The molecule has 2 unspecified atom stereocenters. The number of amides is 2. The fourth-order valence-electron chi connectivity index (χ4n) is 10.7. The average molecular weight is 601 g/mol. The van der Waals surface area contributed by atoms with Gasteiger partial charge in [0.15, 0.2) is 0 Å². The van der Waals surface area contributed by atoms with Gasteiger partial charge in [0.2, 0.25) is 11.8 Å². The standard InChI is InChI=1S/C41H48N2O2/c1-39-25-23-35-33(20-22-36-40(35,2)26-24-38(45)43(36)3)34(39)21-19-32(39)28-42-37(44)27-41(29-13-7-4-8-14-29,30-15-9-5-10-16-30)31-17-11-6-12-18-31/h4-18,24,26,32-36H,19-23,25,27-28H2,1-3H3,(H,42,44)/t32?,33-,34-,35+,36?,39+,40+/m0/s1. The van der Waals surface area contributed by atoms with E-state index < -0.39 is 5.41 Å². The highest BCUT2D eigenvalue weighted by Gasteiger charge is 2.60. The molecule has 1 heterocycles. The fraction of sp³-hybridized carbons (Fsp3) is 0.463. The fourth-order valence-corrected chi connectivity index (χ4v) is 10.7. The van der Waals surface area contributed by atoms with Gasteiger partial charge in [0.25, 0.3) is 0 Å². The van der Waals surface area contributed by atoms with Gasteiger partial charge < -0.3 is 10.2 Å². The molecule has 3 aromatic carbocycles. The van der Waals surface area contributed by atoms with Crippen molar-refractivity contribution in [2.75, 3.05) is 13.6 Å². The lowest BCUT2D eigenvalue weighted by molar-refractivity contribution is -0.139. The molecule has 7 rings (SSSR count). The maximum absolute atomic E-state index is 14.1. The van der Waals surface area contributed by atoms with Crippen LogP contribution in [0.3, 0.4) is 0 Å². The van der Waals surface area contributed by atoms with E-state index in [4.69, 9.17) is 0 Å². The van der Waals surface area contributed by atoms with Crippen LogP contribution < -0.4 is 5.32 Å². The molecular formula is C41H48N2O2. The molecule has 4 heteroatoms. The second-order valence-corrected chi connectivity index (χ2v) is 14.9. The molecule has 3 aromatic rings. The molecule has 2 amide bonds.